The number of anilines is 1. The van der Waals surface area contributed by atoms with Crippen LogP contribution in [0, 0.1) is 0 Å². The fourth-order valence-electron chi connectivity index (χ4n) is 3.45. The number of hydrogen-bond acceptors (Lipinski definition) is 4. The highest BCUT2D eigenvalue weighted by molar-refractivity contribution is 7.95. The van der Waals surface area contributed by atoms with E-state index in [2.05, 4.69) is 34.3 Å². The average Bonchev–Trinajstić information content (AvgIpc) is 2.79. The molecule has 0 spiro atoms. The second kappa shape index (κ2) is 12.6. The molecule has 2 atom stereocenters. The molecule has 172 valence electrons. The summed E-state index contributed by atoms with van der Waals surface area (Å²) in [6.45, 7) is 0.352. The van der Waals surface area contributed by atoms with E-state index in [9.17, 15) is 14.4 Å². The van der Waals surface area contributed by atoms with E-state index < -0.39 is 11.9 Å². The molecule has 3 amide bonds. The van der Waals surface area contributed by atoms with Gasteiger partial charge in [0.15, 0.2) is 4.90 Å². The van der Waals surface area contributed by atoms with E-state index in [0.717, 1.165) is 18.4 Å². The fraction of sp³-hybridized carbons (Fsp3) is 0.348. The summed E-state index contributed by atoms with van der Waals surface area (Å²) < 4.78 is 0. The van der Waals surface area contributed by atoms with Crippen LogP contribution in [-0.4, -0.2) is 43.1 Å². The van der Waals surface area contributed by atoms with E-state index >= 15 is 0 Å². The lowest BCUT2D eigenvalue weighted by atomic mass is 10.1. The van der Waals surface area contributed by atoms with Crippen LogP contribution in [0.25, 0.3) is 0 Å². The van der Waals surface area contributed by atoms with Crippen LogP contribution in [0.4, 0.5) is 5.69 Å². The number of amides is 3. The normalized spacial score (nSPS) is 17.2. The Morgan fingerprint density at radius 2 is 1.81 bits per heavy atom. The number of fused-ring (bicyclic) bond motifs is 2. The first-order valence-electron chi connectivity index (χ1n) is 10.4. The summed E-state index contributed by atoms with van der Waals surface area (Å²) in [7, 11) is -0.0963. The van der Waals surface area contributed by atoms with E-state index in [1.807, 2.05) is 30.3 Å². The molecule has 2 aromatic carbocycles. The van der Waals surface area contributed by atoms with Crippen molar-refractivity contribution in [3.8, 4) is 0 Å². The molecule has 0 saturated heterocycles. The lowest BCUT2D eigenvalue weighted by molar-refractivity contribution is -0.126. The molecule has 0 aromatic heterocycles. The number of unbranched alkanes of at least 4 members (excludes halogenated alkanes) is 1. The van der Waals surface area contributed by atoms with Crippen molar-refractivity contribution >= 4 is 34.3 Å². The van der Waals surface area contributed by atoms with Crippen molar-refractivity contribution in [2.24, 2.45) is 5.73 Å². The van der Waals surface area contributed by atoms with Crippen molar-refractivity contribution in [2.75, 3.05) is 24.7 Å². The zero-order chi connectivity index (χ0) is 22.2. The van der Waals surface area contributed by atoms with Crippen molar-refractivity contribution in [1.29, 1.82) is 0 Å². The van der Waals surface area contributed by atoms with Crippen LogP contribution < -0.4 is 38.7 Å². The van der Waals surface area contributed by atoms with Gasteiger partial charge in [-0.3, -0.25) is 14.4 Å². The van der Waals surface area contributed by atoms with Gasteiger partial charge in [-0.25, -0.2) is 0 Å². The number of halogens is 1. The molecule has 1 aliphatic heterocycles. The van der Waals surface area contributed by atoms with Crippen LogP contribution in [0.15, 0.2) is 53.4 Å². The van der Waals surface area contributed by atoms with Crippen LogP contribution in [0.5, 0.6) is 0 Å². The fourth-order valence-corrected chi connectivity index (χ4v) is 4.96. The average molecular weight is 521 g/mol. The molecule has 5 N–H and O–H groups in total. The number of nitrogens with one attached hydrogen (secondary N) is 3. The molecule has 3 rings (SSSR count). The SMILES string of the molecule is C[S+](Cc1ccc2cc1C(=O)NCC(=O)NC(CCCCN)C(=O)N2)c1ccccc1.[Br-]. The quantitative estimate of drug-likeness (QED) is 0.271. The molecular weight excluding hydrogens is 492 g/mol. The molecule has 0 radical (unpaired) electrons. The first-order valence-corrected chi connectivity index (χ1v) is 12.2. The van der Waals surface area contributed by atoms with Crippen LogP contribution in [0.1, 0.15) is 35.2 Å². The van der Waals surface area contributed by atoms with Gasteiger partial charge >= 0.3 is 0 Å². The predicted octanol–water partition coefficient (Wildman–Crippen LogP) is -1.21. The Morgan fingerprint density at radius 1 is 1.06 bits per heavy atom. The molecule has 2 aromatic rings. The first kappa shape index (κ1) is 25.9. The maximum Gasteiger partial charge on any atom is 0.252 e. The maximum atomic E-state index is 12.9. The molecule has 9 heteroatoms. The van der Waals surface area contributed by atoms with Gasteiger partial charge in [-0.2, -0.15) is 0 Å². The first-order chi connectivity index (χ1) is 15.0. The van der Waals surface area contributed by atoms with Crippen LogP contribution in [0.2, 0.25) is 0 Å². The summed E-state index contributed by atoms with van der Waals surface area (Å²) in [5.74, 6) is -0.322. The smallest absolute Gasteiger partial charge is 0.252 e. The third-order valence-electron chi connectivity index (χ3n) is 5.15. The molecule has 1 aliphatic rings. The monoisotopic (exact) mass is 520 g/mol. The molecule has 0 aliphatic carbocycles. The van der Waals surface area contributed by atoms with E-state index in [0.29, 0.717) is 30.0 Å². The summed E-state index contributed by atoms with van der Waals surface area (Å²) in [5, 5.41) is 8.25. The Morgan fingerprint density at radius 3 is 2.53 bits per heavy atom. The molecule has 1 heterocycles. The third kappa shape index (κ3) is 7.08. The van der Waals surface area contributed by atoms with Crippen LogP contribution in [-0.2, 0) is 26.2 Å². The summed E-state index contributed by atoms with van der Waals surface area (Å²) >= 11 is 0. The zero-order valence-corrected chi connectivity index (χ0v) is 20.4. The van der Waals surface area contributed by atoms with Gasteiger partial charge in [0.1, 0.15) is 18.1 Å². The summed E-state index contributed by atoms with van der Waals surface area (Å²) in [5.41, 5.74) is 7.43. The standard InChI is InChI=1S/C23H28N4O3S.BrH/c1-31(18-7-3-2-4-8-18)15-16-10-11-17-13-19(16)22(29)25-14-21(28)27-20(23(30)26-17)9-5-6-12-24;/h2-4,7-8,10-11,13,20H,5-6,9,12,14-15,24H2,1H3,(H2-,25,26,27,28,29,30);1H. The van der Waals surface area contributed by atoms with Crippen molar-refractivity contribution < 1.29 is 31.4 Å². The third-order valence-corrected chi connectivity index (χ3v) is 6.97. The minimum Gasteiger partial charge on any atom is -1.00 e. The lowest BCUT2D eigenvalue weighted by Crippen LogP contribution is -3.00. The van der Waals surface area contributed by atoms with Gasteiger partial charge in [0.2, 0.25) is 11.8 Å². The summed E-state index contributed by atoms with van der Waals surface area (Å²) in [6.07, 6.45) is 4.13. The molecule has 0 saturated carbocycles. The molecule has 0 fully saturated rings. The number of rotatable bonds is 7. The highest BCUT2D eigenvalue weighted by atomic mass is 79.9. The van der Waals surface area contributed by atoms with Gasteiger partial charge in [-0.15, -0.1) is 0 Å². The highest BCUT2D eigenvalue weighted by Crippen LogP contribution is 2.23. The van der Waals surface area contributed by atoms with Gasteiger partial charge in [0.05, 0.1) is 6.54 Å². The highest BCUT2D eigenvalue weighted by Gasteiger charge is 2.25. The minimum atomic E-state index is -0.670. The Kier molecular flexibility index (Phi) is 10.2. The van der Waals surface area contributed by atoms with Crippen LogP contribution in [0.3, 0.4) is 0 Å². The van der Waals surface area contributed by atoms with Crippen molar-refractivity contribution in [3.63, 3.8) is 0 Å². The summed E-state index contributed by atoms with van der Waals surface area (Å²) in [4.78, 5) is 39.1. The molecular formula is C23H29BrN4O3S. The zero-order valence-electron chi connectivity index (χ0n) is 18.0. The number of carbonyl (C=O) groups is 3. The topological polar surface area (TPSA) is 113 Å². The van der Waals surface area contributed by atoms with Crippen molar-refractivity contribution in [2.45, 2.75) is 36.0 Å². The van der Waals surface area contributed by atoms with E-state index in [1.165, 1.54) is 4.90 Å². The molecule has 2 bridgehead atoms. The molecule has 2 unspecified atom stereocenters. The lowest BCUT2D eigenvalue weighted by Gasteiger charge is -2.18. The second-order valence-electron chi connectivity index (χ2n) is 7.54. The van der Waals surface area contributed by atoms with Gasteiger partial charge in [-0.05, 0) is 50.1 Å². The van der Waals surface area contributed by atoms with Crippen LogP contribution >= 0.6 is 0 Å². The predicted molar refractivity (Wildman–Crippen MR) is 124 cm³/mol. The van der Waals surface area contributed by atoms with E-state index in [1.54, 1.807) is 6.07 Å². The second-order valence-corrected chi connectivity index (χ2v) is 9.58. The Bertz CT molecular complexity index is 942. The van der Waals surface area contributed by atoms with Gasteiger partial charge < -0.3 is 38.7 Å². The molecule has 7 nitrogen and oxygen atoms in total. The minimum absolute atomic E-state index is 0. The van der Waals surface area contributed by atoms with Crippen molar-refractivity contribution in [1.82, 2.24) is 10.6 Å². The van der Waals surface area contributed by atoms with Gasteiger partial charge in [-0.1, -0.05) is 24.3 Å². The number of nitrogens with two attached hydrogens (primary N) is 1. The Labute approximate surface area is 202 Å². The Hall–Kier alpha value is -2.36. The van der Waals surface area contributed by atoms with E-state index in [-0.39, 0.29) is 46.2 Å². The van der Waals surface area contributed by atoms with E-state index in [4.69, 9.17) is 5.73 Å². The maximum absolute atomic E-state index is 12.9. The summed E-state index contributed by atoms with van der Waals surface area (Å²) in [6, 6.07) is 14.9. The van der Waals surface area contributed by atoms with Gasteiger partial charge in [0, 0.05) is 27.7 Å². The number of hydrogen-bond donors (Lipinski definition) is 4. The Balaban J connectivity index is 0.00000363. The van der Waals surface area contributed by atoms with Crippen molar-refractivity contribution in [3.05, 3.63) is 59.7 Å². The molecule has 32 heavy (non-hydrogen) atoms. The largest absolute Gasteiger partial charge is 1.00 e. The van der Waals surface area contributed by atoms with Gasteiger partial charge in [0.25, 0.3) is 5.91 Å². The number of benzene rings is 2. The number of carbonyl (C=O) groups excluding carboxylic acids is 3.